The smallest absolute Gasteiger partial charge is 0.118 e. The summed E-state index contributed by atoms with van der Waals surface area (Å²) in [5.74, 6) is 1.95. The van der Waals surface area contributed by atoms with Crippen LogP contribution in [0.15, 0.2) is 53.4 Å². The Bertz CT molecular complexity index is 493. The summed E-state index contributed by atoms with van der Waals surface area (Å²) in [5, 5.41) is 3.42. The van der Waals surface area contributed by atoms with E-state index in [1.54, 1.807) is 7.11 Å². The average Bonchev–Trinajstić information content (AvgIpc) is 2.46. The van der Waals surface area contributed by atoms with E-state index in [9.17, 15) is 0 Å². The molecule has 0 aliphatic heterocycles. The van der Waals surface area contributed by atoms with Gasteiger partial charge in [-0.2, -0.15) is 0 Å². The molecule has 0 saturated heterocycles. The van der Waals surface area contributed by atoms with Crippen LogP contribution in [0, 0.1) is 6.92 Å². The van der Waals surface area contributed by atoms with Gasteiger partial charge in [0.1, 0.15) is 5.75 Å². The molecule has 0 saturated carbocycles. The van der Waals surface area contributed by atoms with E-state index in [0.717, 1.165) is 18.0 Å². The Labute approximate surface area is 119 Å². The number of benzene rings is 2. The maximum absolute atomic E-state index is 5.14. The van der Waals surface area contributed by atoms with Crippen molar-refractivity contribution in [3.8, 4) is 5.75 Å². The van der Waals surface area contributed by atoms with Crippen LogP contribution in [0.1, 0.15) is 5.56 Å². The third-order valence-electron chi connectivity index (χ3n) is 2.81. The van der Waals surface area contributed by atoms with Crippen molar-refractivity contribution in [2.75, 3.05) is 24.7 Å². The number of methoxy groups -OCH3 is 1. The van der Waals surface area contributed by atoms with Crippen molar-refractivity contribution in [2.45, 2.75) is 11.8 Å². The topological polar surface area (TPSA) is 21.3 Å². The largest absolute Gasteiger partial charge is 0.497 e. The average molecular weight is 273 g/mol. The van der Waals surface area contributed by atoms with Crippen molar-refractivity contribution in [2.24, 2.45) is 0 Å². The molecule has 2 aromatic rings. The fourth-order valence-corrected chi connectivity index (χ4v) is 2.48. The molecule has 0 atom stereocenters. The summed E-state index contributed by atoms with van der Waals surface area (Å²) >= 11 is 1.84. The molecular formula is C16H19NOS. The molecule has 100 valence electrons. The summed E-state index contributed by atoms with van der Waals surface area (Å²) in [6.45, 7) is 3.06. The van der Waals surface area contributed by atoms with E-state index in [0.29, 0.717) is 0 Å². The van der Waals surface area contributed by atoms with E-state index in [-0.39, 0.29) is 0 Å². The zero-order valence-electron chi connectivity index (χ0n) is 11.3. The van der Waals surface area contributed by atoms with Gasteiger partial charge < -0.3 is 10.1 Å². The molecule has 3 heteroatoms. The maximum Gasteiger partial charge on any atom is 0.118 e. The second kappa shape index (κ2) is 7.10. The molecule has 2 aromatic carbocycles. The Morgan fingerprint density at radius 2 is 1.68 bits per heavy atom. The second-order valence-electron chi connectivity index (χ2n) is 4.32. The van der Waals surface area contributed by atoms with Gasteiger partial charge in [0.05, 0.1) is 7.11 Å². The number of ether oxygens (including phenoxy) is 1. The van der Waals surface area contributed by atoms with Crippen LogP contribution >= 0.6 is 11.8 Å². The van der Waals surface area contributed by atoms with Crippen LogP contribution < -0.4 is 10.1 Å². The molecule has 0 spiro atoms. The maximum atomic E-state index is 5.14. The molecule has 2 nitrogen and oxygen atoms in total. The first-order valence-corrected chi connectivity index (χ1v) is 7.34. The van der Waals surface area contributed by atoms with Gasteiger partial charge in [-0.15, -0.1) is 11.8 Å². The van der Waals surface area contributed by atoms with Gasteiger partial charge in [0.15, 0.2) is 0 Å². The van der Waals surface area contributed by atoms with Crippen molar-refractivity contribution < 1.29 is 4.74 Å². The highest BCUT2D eigenvalue weighted by Gasteiger charge is 1.96. The van der Waals surface area contributed by atoms with E-state index in [1.165, 1.54) is 16.1 Å². The predicted octanol–water partition coefficient (Wildman–Crippen LogP) is 4.21. The van der Waals surface area contributed by atoms with E-state index < -0.39 is 0 Å². The van der Waals surface area contributed by atoms with Gasteiger partial charge in [-0.3, -0.25) is 0 Å². The first-order chi connectivity index (χ1) is 9.28. The van der Waals surface area contributed by atoms with Gasteiger partial charge in [0, 0.05) is 22.9 Å². The van der Waals surface area contributed by atoms with E-state index in [4.69, 9.17) is 4.74 Å². The van der Waals surface area contributed by atoms with Crippen molar-refractivity contribution in [1.82, 2.24) is 0 Å². The molecular weight excluding hydrogens is 254 g/mol. The van der Waals surface area contributed by atoms with Crippen molar-refractivity contribution in [3.05, 3.63) is 54.1 Å². The molecule has 1 N–H and O–H groups in total. The lowest BCUT2D eigenvalue weighted by atomic mass is 10.2. The Hall–Kier alpha value is -1.61. The zero-order valence-corrected chi connectivity index (χ0v) is 12.2. The number of hydrogen-bond donors (Lipinski definition) is 1. The van der Waals surface area contributed by atoms with Crippen molar-refractivity contribution in [3.63, 3.8) is 0 Å². The van der Waals surface area contributed by atoms with Gasteiger partial charge in [-0.25, -0.2) is 0 Å². The second-order valence-corrected chi connectivity index (χ2v) is 5.49. The van der Waals surface area contributed by atoms with Crippen LogP contribution in [0.5, 0.6) is 5.75 Å². The van der Waals surface area contributed by atoms with Crippen LogP contribution in [0.25, 0.3) is 0 Å². The van der Waals surface area contributed by atoms with Crippen LogP contribution in [-0.2, 0) is 0 Å². The Morgan fingerprint density at radius 3 is 2.32 bits per heavy atom. The fourth-order valence-electron chi connectivity index (χ4n) is 1.71. The molecule has 0 aromatic heterocycles. The molecule has 0 radical (unpaired) electrons. The standard InChI is InChI=1S/C16H19NOS/c1-13-3-5-14(6-4-13)17-11-12-19-16-9-7-15(18-2)8-10-16/h3-10,17H,11-12H2,1-2H3. The van der Waals surface area contributed by atoms with Gasteiger partial charge in [-0.1, -0.05) is 17.7 Å². The summed E-state index contributed by atoms with van der Waals surface area (Å²) in [4.78, 5) is 1.27. The lowest BCUT2D eigenvalue weighted by molar-refractivity contribution is 0.414. The number of anilines is 1. The molecule has 0 unspecified atom stereocenters. The molecule has 0 aliphatic carbocycles. The fraction of sp³-hybridized carbons (Fsp3) is 0.250. The zero-order chi connectivity index (χ0) is 13.5. The summed E-state index contributed by atoms with van der Waals surface area (Å²) in [6.07, 6.45) is 0. The minimum atomic E-state index is 0.905. The van der Waals surface area contributed by atoms with Gasteiger partial charge in [0.2, 0.25) is 0 Å². The number of aryl methyl sites for hydroxylation is 1. The summed E-state index contributed by atoms with van der Waals surface area (Å²) in [5.41, 5.74) is 2.47. The van der Waals surface area contributed by atoms with E-state index in [1.807, 2.05) is 23.9 Å². The molecule has 19 heavy (non-hydrogen) atoms. The van der Waals surface area contributed by atoms with Crippen LogP contribution in [0.2, 0.25) is 0 Å². The Balaban J connectivity index is 1.72. The number of hydrogen-bond acceptors (Lipinski definition) is 3. The third kappa shape index (κ3) is 4.52. The molecule has 0 heterocycles. The summed E-state index contributed by atoms with van der Waals surface area (Å²) in [7, 11) is 1.69. The monoisotopic (exact) mass is 273 g/mol. The van der Waals surface area contributed by atoms with Crippen LogP contribution in [0.4, 0.5) is 5.69 Å². The SMILES string of the molecule is COc1ccc(SCCNc2ccc(C)cc2)cc1. The quantitative estimate of drug-likeness (QED) is 0.629. The predicted molar refractivity (Wildman–Crippen MR) is 83.4 cm³/mol. The van der Waals surface area contributed by atoms with Gasteiger partial charge in [0.25, 0.3) is 0 Å². The Kier molecular flexibility index (Phi) is 5.16. The number of thioether (sulfide) groups is 1. The minimum absolute atomic E-state index is 0.905. The minimum Gasteiger partial charge on any atom is -0.497 e. The highest BCUT2D eigenvalue weighted by atomic mass is 32.2. The van der Waals surface area contributed by atoms with Crippen LogP contribution in [-0.4, -0.2) is 19.4 Å². The first-order valence-electron chi connectivity index (χ1n) is 6.35. The highest BCUT2D eigenvalue weighted by molar-refractivity contribution is 7.99. The summed E-state index contributed by atoms with van der Waals surface area (Å²) < 4.78 is 5.14. The number of rotatable bonds is 6. The normalized spacial score (nSPS) is 10.2. The Morgan fingerprint density at radius 1 is 1.00 bits per heavy atom. The molecule has 2 rings (SSSR count). The van der Waals surface area contributed by atoms with Crippen LogP contribution in [0.3, 0.4) is 0 Å². The van der Waals surface area contributed by atoms with Crippen molar-refractivity contribution in [1.29, 1.82) is 0 Å². The molecule has 0 bridgehead atoms. The molecule has 0 fully saturated rings. The van der Waals surface area contributed by atoms with Crippen molar-refractivity contribution >= 4 is 17.4 Å². The lowest BCUT2D eigenvalue weighted by Gasteiger charge is -2.07. The first kappa shape index (κ1) is 13.8. The van der Waals surface area contributed by atoms with E-state index >= 15 is 0 Å². The number of nitrogens with one attached hydrogen (secondary N) is 1. The molecule has 0 aliphatic rings. The lowest BCUT2D eigenvalue weighted by Crippen LogP contribution is -2.03. The summed E-state index contributed by atoms with van der Waals surface area (Å²) in [6, 6.07) is 16.7. The van der Waals surface area contributed by atoms with E-state index in [2.05, 4.69) is 48.6 Å². The highest BCUT2D eigenvalue weighted by Crippen LogP contribution is 2.21. The third-order valence-corrected chi connectivity index (χ3v) is 3.82. The van der Waals surface area contributed by atoms with Gasteiger partial charge >= 0.3 is 0 Å². The van der Waals surface area contributed by atoms with Gasteiger partial charge in [-0.05, 0) is 43.3 Å². The molecule has 0 amide bonds.